The van der Waals surface area contributed by atoms with Gasteiger partial charge in [0.25, 0.3) is 5.91 Å². The van der Waals surface area contributed by atoms with Crippen LogP contribution in [0.2, 0.25) is 5.02 Å². The van der Waals surface area contributed by atoms with E-state index in [0.717, 1.165) is 0 Å². The van der Waals surface area contributed by atoms with Crippen LogP contribution in [-0.2, 0) is 4.84 Å². The van der Waals surface area contributed by atoms with Crippen LogP contribution in [0.25, 0.3) is 11.3 Å². The topological polar surface area (TPSA) is 150 Å². The molecule has 0 aliphatic carbocycles. The van der Waals surface area contributed by atoms with E-state index < -0.39 is 12.1 Å². The Morgan fingerprint density at radius 1 is 1.20 bits per heavy atom. The molecular formula is C23H26ClN9O2. The molecule has 2 atom stereocenters. The van der Waals surface area contributed by atoms with E-state index >= 15 is 0 Å². The van der Waals surface area contributed by atoms with Crippen LogP contribution >= 0.6 is 11.6 Å². The number of halogens is 1. The molecule has 2 unspecified atom stereocenters. The van der Waals surface area contributed by atoms with Crippen LogP contribution < -0.4 is 21.4 Å². The van der Waals surface area contributed by atoms with Gasteiger partial charge in [-0.1, -0.05) is 11.6 Å². The van der Waals surface area contributed by atoms with Crippen molar-refractivity contribution in [2.45, 2.75) is 40.0 Å². The number of aromatic nitrogens is 4. The second-order valence-electron chi connectivity index (χ2n) is 8.23. The number of hydrogen-bond donors (Lipinski definition) is 5. The first-order valence-electron chi connectivity index (χ1n) is 10.9. The summed E-state index contributed by atoms with van der Waals surface area (Å²) in [6.45, 7) is 7.10. The van der Waals surface area contributed by atoms with Gasteiger partial charge >= 0.3 is 0 Å². The van der Waals surface area contributed by atoms with Gasteiger partial charge in [0.2, 0.25) is 0 Å². The predicted molar refractivity (Wildman–Crippen MR) is 135 cm³/mol. The maximum absolute atomic E-state index is 13.0. The molecule has 1 aliphatic heterocycles. The molecular weight excluding hydrogens is 470 g/mol. The molecule has 0 aromatic carbocycles. The van der Waals surface area contributed by atoms with Crippen molar-refractivity contribution in [3.05, 3.63) is 52.2 Å². The molecule has 0 saturated carbocycles. The number of aryl methyl sites for hydroxylation is 2. The van der Waals surface area contributed by atoms with Crippen molar-refractivity contribution in [2.75, 3.05) is 23.2 Å². The van der Waals surface area contributed by atoms with Crippen molar-refractivity contribution in [1.82, 2.24) is 25.3 Å². The molecule has 0 saturated heterocycles. The summed E-state index contributed by atoms with van der Waals surface area (Å²) in [5.74, 6) is 0.822. The fourth-order valence-electron chi connectivity index (χ4n) is 3.58. The molecule has 0 spiro atoms. The molecule has 4 heterocycles. The van der Waals surface area contributed by atoms with Gasteiger partial charge in [0.1, 0.15) is 40.2 Å². The molecule has 0 radical (unpaired) electrons. The maximum Gasteiger partial charge on any atom is 0.275 e. The van der Waals surface area contributed by atoms with Crippen LogP contribution in [-0.4, -0.2) is 50.9 Å². The van der Waals surface area contributed by atoms with E-state index in [1.165, 1.54) is 6.20 Å². The summed E-state index contributed by atoms with van der Waals surface area (Å²) < 4.78 is 0. The third-order valence-corrected chi connectivity index (χ3v) is 5.67. The predicted octanol–water partition coefficient (Wildman–Crippen LogP) is 3.55. The van der Waals surface area contributed by atoms with Gasteiger partial charge in [-0.15, -0.1) is 0 Å². The van der Waals surface area contributed by atoms with Crippen LogP contribution in [0, 0.1) is 19.3 Å². The number of nitrogens with one attached hydrogen (secondary N) is 5. The average Bonchev–Trinajstić information content (AvgIpc) is 2.85. The first-order valence-corrected chi connectivity index (χ1v) is 11.3. The summed E-state index contributed by atoms with van der Waals surface area (Å²) in [6.07, 6.45) is 0.866. The number of fused-ring (bicyclic) bond motifs is 4. The number of hydrogen-bond acceptors (Lipinski definition) is 10. The summed E-state index contributed by atoms with van der Waals surface area (Å²) >= 11 is 5.98. The lowest BCUT2D eigenvalue weighted by molar-refractivity contribution is 0.0954. The number of likely N-dealkylation sites (N-methyl/N-ethyl adjacent to an activating group) is 1. The molecule has 1 amide bonds. The van der Waals surface area contributed by atoms with Crippen LogP contribution in [0.4, 0.5) is 17.3 Å². The Bertz CT molecular complexity index is 1310. The standard InChI is InChI=1S/C23H26ClN9O2/c1-10-6-15(24)9-27-18(10)22(34)31-16-7-14-8-17(30-16)32-23(12(3)26-5)35-33-21-19(11(2)25)28-13(4)29-20(14)21/h6-9,12,23,25-26,33H,1-5H3,(H2,30,31,32,34). The maximum atomic E-state index is 13.0. The van der Waals surface area contributed by atoms with Gasteiger partial charge in [-0.05, 0) is 58.5 Å². The highest BCUT2D eigenvalue weighted by molar-refractivity contribution is 6.30. The van der Waals surface area contributed by atoms with Crippen LogP contribution in [0.3, 0.4) is 0 Å². The normalized spacial score (nSPS) is 15.4. The van der Waals surface area contributed by atoms with Gasteiger partial charge in [-0.2, -0.15) is 0 Å². The van der Waals surface area contributed by atoms with Crippen molar-refractivity contribution >= 4 is 40.5 Å². The van der Waals surface area contributed by atoms with Gasteiger partial charge in [-0.25, -0.2) is 24.8 Å². The monoisotopic (exact) mass is 495 g/mol. The smallest absolute Gasteiger partial charge is 0.275 e. The fraction of sp³-hybridized carbons (Fsp3) is 0.304. The van der Waals surface area contributed by atoms with Crippen molar-refractivity contribution in [3.8, 4) is 11.3 Å². The number of anilines is 3. The molecule has 35 heavy (non-hydrogen) atoms. The molecule has 12 heteroatoms. The lowest BCUT2D eigenvalue weighted by Gasteiger charge is -2.25. The van der Waals surface area contributed by atoms with E-state index in [0.29, 0.717) is 50.7 Å². The van der Waals surface area contributed by atoms with E-state index in [2.05, 4.69) is 41.4 Å². The summed E-state index contributed by atoms with van der Waals surface area (Å²) in [4.78, 5) is 36.7. The second-order valence-corrected chi connectivity index (χ2v) is 8.67. The summed E-state index contributed by atoms with van der Waals surface area (Å²) in [5, 5.41) is 17.9. The Morgan fingerprint density at radius 2 is 1.97 bits per heavy atom. The molecule has 3 aromatic rings. The van der Waals surface area contributed by atoms with E-state index in [1.807, 2.05) is 20.0 Å². The van der Waals surface area contributed by atoms with Gasteiger partial charge in [-0.3, -0.25) is 10.3 Å². The summed E-state index contributed by atoms with van der Waals surface area (Å²) in [7, 11) is 1.81. The Labute approximate surface area is 207 Å². The summed E-state index contributed by atoms with van der Waals surface area (Å²) in [6, 6.07) is 5.05. The van der Waals surface area contributed by atoms with Gasteiger partial charge in [0.15, 0.2) is 6.23 Å². The number of carbonyl (C=O) groups excluding carboxylic acids is 1. The molecule has 5 N–H and O–H groups in total. The minimum atomic E-state index is -0.558. The Hall–Kier alpha value is -3.67. The van der Waals surface area contributed by atoms with Crippen molar-refractivity contribution in [1.29, 1.82) is 5.41 Å². The zero-order valence-electron chi connectivity index (χ0n) is 19.9. The molecule has 1 aliphatic rings. The minimum Gasteiger partial charge on any atom is -0.342 e. The molecule has 4 rings (SSSR count). The van der Waals surface area contributed by atoms with E-state index in [9.17, 15) is 4.79 Å². The van der Waals surface area contributed by atoms with E-state index in [-0.39, 0.29) is 17.4 Å². The molecule has 11 nitrogen and oxygen atoms in total. The van der Waals surface area contributed by atoms with Crippen molar-refractivity contribution < 1.29 is 9.63 Å². The quantitative estimate of drug-likeness (QED) is 0.335. The number of carbonyl (C=O) groups is 1. The minimum absolute atomic E-state index is 0.135. The largest absolute Gasteiger partial charge is 0.342 e. The second kappa shape index (κ2) is 9.90. The Kier molecular flexibility index (Phi) is 6.92. The Morgan fingerprint density at radius 3 is 2.66 bits per heavy atom. The van der Waals surface area contributed by atoms with Crippen molar-refractivity contribution in [2.24, 2.45) is 0 Å². The Balaban J connectivity index is 1.83. The third-order valence-electron chi connectivity index (χ3n) is 5.46. The zero-order valence-corrected chi connectivity index (χ0v) is 20.7. The lowest BCUT2D eigenvalue weighted by atomic mass is 10.1. The number of amides is 1. The third kappa shape index (κ3) is 5.21. The van der Waals surface area contributed by atoms with Crippen LogP contribution in [0.1, 0.15) is 41.4 Å². The molecule has 3 aromatic heterocycles. The number of nitrogens with zero attached hydrogens (tertiary/aromatic N) is 4. The van der Waals surface area contributed by atoms with Gasteiger partial charge in [0.05, 0.1) is 16.8 Å². The first-order chi connectivity index (χ1) is 16.7. The lowest BCUT2D eigenvalue weighted by Crippen LogP contribution is -2.43. The average molecular weight is 496 g/mol. The molecule has 2 bridgehead atoms. The number of rotatable bonds is 5. The number of pyridine rings is 2. The SMILES string of the molecule is CNC(C)C1Nc2cc(cc(NC(=O)c3ncc(Cl)cc3C)n2)-c2nc(C)nc(C(C)=N)c2NO1. The molecule has 0 fully saturated rings. The van der Waals surface area contributed by atoms with Crippen LogP contribution in [0.15, 0.2) is 24.4 Å². The van der Waals surface area contributed by atoms with Gasteiger partial charge < -0.3 is 21.4 Å². The fourth-order valence-corrected chi connectivity index (χ4v) is 3.80. The molecule has 182 valence electrons. The van der Waals surface area contributed by atoms with E-state index in [1.54, 1.807) is 32.9 Å². The highest BCUT2D eigenvalue weighted by atomic mass is 35.5. The van der Waals surface area contributed by atoms with Crippen molar-refractivity contribution in [3.63, 3.8) is 0 Å². The van der Waals surface area contributed by atoms with Crippen LogP contribution in [0.5, 0.6) is 0 Å². The summed E-state index contributed by atoms with van der Waals surface area (Å²) in [5.41, 5.74) is 6.11. The highest BCUT2D eigenvalue weighted by Gasteiger charge is 2.25. The highest BCUT2D eigenvalue weighted by Crippen LogP contribution is 2.33. The zero-order chi connectivity index (χ0) is 25.3. The van der Waals surface area contributed by atoms with E-state index in [4.69, 9.17) is 21.8 Å². The van der Waals surface area contributed by atoms with Gasteiger partial charge in [0, 0.05) is 11.8 Å². The first kappa shape index (κ1) is 24.5.